The number of Topliss-reactive ketones (excluding diaryl/α,β-unsaturated/α-hetero) is 1. The minimum atomic E-state index is 0.311. The molecule has 0 amide bonds. The van der Waals surface area contributed by atoms with E-state index in [-0.39, 0.29) is 0 Å². The Balaban J connectivity index is 2.39. The van der Waals surface area contributed by atoms with Crippen LogP contribution in [0.5, 0.6) is 0 Å². The number of allylic oxidation sites excluding steroid dienone is 1. The summed E-state index contributed by atoms with van der Waals surface area (Å²) < 4.78 is 0. The lowest BCUT2D eigenvalue weighted by Crippen LogP contribution is -2.19. The molecule has 0 aromatic carbocycles. The summed E-state index contributed by atoms with van der Waals surface area (Å²) >= 11 is 0. The van der Waals surface area contributed by atoms with Crippen LogP contribution in [0.25, 0.3) is 0 Å². The van der Waals surface area contributed by atoms with E-state index >= 15 is 0 Å². The summed E-state index contributed by atoms with van der Waals surface area (Å²) in [6, 6.07) is 0. The highest BCUT2D eigenvalue weighted by molar-refractivity contribution is 5.81. The van der Waals surface area contributed by atoms with Crippen LogP contribution >= 0.6 is 0 Å². The van der Waals surface area contributed by atoms with Crippen LogP contribution in [0, 0.1) is 5.92 Å². The molecule has 0 aromatic heterocycles. The first-order valence-corrected chi connectivity index (χ1v) is 4.93. The van der Waals surface area contributed by atoms with Crippen LogP contribution in [0.4, 0.5) is 0 Å². The van der Waals surface area contributed by atoms with Crippen LogP contribution in [0.3, 0.4) is 0 Å². The topological polar surface area (TPSA) is 17.1 Å². The molecule has 1 rings (SSSR count). The molecule has 68 valence electrons. The Morgan fingerprint density at radius 3 is 2.92 bits per heavy atom. The fraction of sp³-hybridized carbons (Fsp3) is 0.727. The van der Waals surface area contributed by atoms with Gasteiger partial charge < -0.3 is 0 Å². The van der Waals surface area contributed by atoms with E-state index in [1.165, 1.54) is 12.0 Å². The van der Waals surface area contributed by atoms with Crippen molar-refractivity contribution in [3.8, 4) is 0 Å². The van der Waals surface area contributed by atoms with Crippen molar-refractivity contribution >= 4 is 5.78 Å². The number of hydrogen-bond acceptors (Lipinski definition) is 1. The van der Waals surface area contributed by atoms with Gasteiger partial charge in [0.25, 0.3) is 0 Å². The van der Waals surface area contributed by atoms with E-state index in [1.54, 1.807) is 0 Å². The summed E-state index contributed by atoms with van der Waals surface area (Å²) in [4.78, 5) is 11.4. The Kier molecular flexibility index (Phi) is 3.51. The van der Waals surface area contributed by atoms with Crippen molar-refractivity contribution in [2.45, 2.75) is 45.4 Å². The number of ketones is 1. The molecule has 1 unspecified atom stereocenters. The van der Waals surface area contributed by atoms with Crippen LogP contribution in [-0.2, 0) is 4.79 Å². The lowest BCUT2D eigenvalue weighted by atomic mass is 9.83. The maximum Gasteiger partial charge on any atom is 0.136 e. The Labute approximate surface area is 74.9 Å². The first-order chi connectivity index (χ1) is 5.74. The van der Waals surface area contributed by atoms with Crippen molar-refractivity contribution in [1.82, 2.24) is 0 Å². The van der Waals surface area contributed by atoms with Gasteiger partial charge in [-0.15, -0.1) is 0 Å². The van der Waals surface area contributed by atoms with Crippen molar-refractivity contribution in [3.63, 3.8) is 0 Å². The molecule has 1 aliphatic rings. The second-order valence-electron chi connectivity index (χ2n) is 3.72. The first kappa shape index (κ1) is 9.50. The van der Waals surface area contributed by atoms with E-state index < -0.39 is 0 Å². The maximum atomic E-state index is 11.4. The second-order valence-corrected chi connectivity index (χ2v) is 3.72. The molecule has 0 spiro atoms. The zero-order valence-corrected chi connectivity index (χ0v) is 7.94. The van der Waals surface area contributed by atoms with Crippen molar-refractivity contribution in [3.05, 3.63) is 12.2 Å². The third kappa shape index (κ3) is 2.47. The predicted octanol–water partition coefficient (Wildman–Crippen LogP) is 3.10. The second kappa shape index (κ2) is 4.44. The van der Waals surface area contributed by atoms with E-state index in [0.29, 0.717) is 11.7 Å². The fourth-order valence-corrected chi connectivity index (χ4v) is 1.76. The van der Waals surface area contributed by atoms with E-state index in [4.69, 9.17) is 0 Å². The third-order valence-electron chi connectivity index (χ3n) is 2.72. The van der Waals surface area contributed by atoms with Gasteiger partial charge in [0, 0.05) is 12.3 Å². The van der Waals surface area contributed by atoms with Gasteiger partial charge in [-0.1, -0.05) is 25.5 Å². The summed E-state index contributed by atoms with van der Waals surface area (Å²) in [7, 11) is 0. The molecule has 0 aromatic rings. The van der Waals surface area contributed by atoms with Gasteiger partial charge in [0.1, 0.15) is 5.78 Å². The number of hydrogen-bond donors (Lipinski definition) is 0. The lowest BCUT2D eigenvalue weighted by molar-refractivity contribution is -0.124. The summed E-state index contributed by atoms with van der Waals surface area (Å²) in [5, 5.41) is 0. The molecule has 0 saturated heterocycles. The summed E-state index contributed by atoms with van der Waals surface area (Å²) in [6.45, 7) is 6.06. The molecule has 0 aliphatic heterocycles. The molecule has 1 saturated carbocycles. The van der Waals surface area contributed by atoms with E-state index in [2.05, 4.69) is 13.5 Å². The quantitative estimate of drug-likeness (QED) is 0.589. The SMILES string of the molecule is C=C(CC)CC1CCCCC1=O. The summed E-state index contributed by atoms with van der Waals surface area (Å²) in [5.41, 5.74) is 1.23. The van der Waals surface area contributed by atoms with Crippen molar-refractivity contribution in [2.24, 2.45) is 5.92 Å². The van der Waals surface area contributed by atoms with Gasteiger partial charge in [-0.25, -0.2) is 0 Å². The van der Waals surface area contributed by atoms with Crippen molar-refractivity contribution in [1.29, 1.82) is 0 Å². The molecule has 1 heteroatoms. The first-order valence-electron chi connectivity index (χ1n) is 4.93. The van der Waals surface area contributed by atoms with Gasteiger partial charge in [-0.3, -0.25) is 4.79 Å². The van der Waals surface area contributed by atoms with Crippen LogP contribution in [0.15, 0.2) is 12.2 Å². The summed E-state index contributed by atoms with van der Waals surface area (Å²) in [5.74, 6) is 0.780. The van der Waals surface area contributed by atoms with Crippen molar-refractivity contribution < 1.29 is 4.79 Å². The molecule has 1 aliphatic carbocycles. The van der Waals surface area contributed by atoms with Crippen LogP contribution in [0.2, 0.25) is 0 Å². The minimum absolute atomic E-state index is 0.311. The van der Waals surface area contributed by atoms with Gasteiger partial charge in [-0.2, -0.15) is 0 Å². The lowest BCUT2D eigenvalue weighted by Gasteiger charge is -2.20. The highest BCUT2D eigenvalue weighted by atomic mass is 16.1. The van der Waals surface area contributed by atoms with Gasteiger partial charge in [0.05, 0.1) is 0 Å². The number of carbonyl (C=O) groups is 1. The Hall–Kier alpha value is -0.590. The monoisotopic (exact) mass is 166 g/mol. The standard InChI is InChI=1S/C11H18O/c1-3-9(2)8-10-6-4-5-7-11(10)12/h10H,2-8H2,1H3. The highest BCUT2D eigenvalue weighted by Gasteiger charge is 2.21. The van der Waals surface area contributed by atoms with Gasteiger partial charge in [-0.05, 0) is 25.7 Å². The molecule has 1 atom stereocenters. The molecule has 0 N–H and O–H groups in total. The minimum Gasteiger partial charge on any atom is -0.299 e. The molecular formula is C11H18O. The molecule has 0 heterocycles. The normalized spacial score (nSPS) is 24.1. The van der Waals surface area contributed by atoms with E-state index in [0.717, 1.165) is 32.1 Å². The molecule has 1 fully saturated rings. The predicted molar refractivity (Wildman–Crippen MR) is 51.0 cm³/mol. The number of rotatable bonds is 3. The van der Waals surface area contributed by atoms with Gasteiger partial charge in [0.15, 0.2) is 0 Å². The Morgan fingerprint density at radius 1 is 1.58 bits per heavy atom. The van der Waals surface area contributed by atoms with Gasteiger partial charge in [0.2, 0.25) is 0 Å². The molecular weight excluding hydrogens is 148 g/mol. The third-order valence-corrected chi connectivity index (χ3v) is 2.72. The van der Waals surface area contributed by atoms with Crippen molar-refractivity contribution in [2.75, 3.05) is 0 Å². The fourth-order valence-electron chi connectivity index (χ4n) is 1.76. The molecule has 1 nitrogen and oxygen atoms in total. The van der Waals surface area contributed by atoms with Crippen LogP contribution in [-0.4, -0.2) is 5.78 Å². The van der Waals surface area contributed by atoms with Crippen LogP contribution < -0.4 is 0 Å². The highest BCUT2D eigenvalue weighted by Crippen LogP contribution is 2.26. The smallest absolute Gasteiger partial charge is 0.136 e. The average Bonchev–Trinajstić information content (AvgIpc) is 2.09. The van der Waals surface area contributed by atoms with Crippen LogP contribution in [0.1, 0.15) is 45.4 Å². The van der Waals surface area contributed by atoms with E-state index in [9.17, 15) is 4.79 Å². The zero-order valence-electron chi connectivity index (χ0n) is 7.94. The maximum absolute atomic E-state index is 11.4. The largest absolute Gasteiger partial charge is 0.299 e. The summed E-state index contributed by atoms with van der Waals surface area (Å²) in [6.07, 6.45) is 6.19. The average molecular weight is 166 g/mol. The van der Waals surface area contributed by atoms with E-state index in [1.807, 2.05) is 0 Å². The van der Waals surface area contributed by atoms with Gasteiger partial charge >= 0.3 is 0 Å². The molecule has 0 bridgehead atoms. The molecule has 0 radical (unpaired) electrons. The molecule has 12 heavy (non-hydrogen) atoms. The Morgan fingerprint density at radius 2 is 2.33 bits per heavy atom. The number of carbonyl (C=O) groups excluding carboxylic acids is 1. The zero-order chi connectivity index (χ0) is 8.97. The Bertz CT molecular complexity index is 181.